The topological polar surface area (TPSA) is 105 Å². The number of benzene rings is 1. The molecule has 2 aromatic heterocycles. The van der Waals surface area contributed by atoms with E-state index in [-0.39, 0.29) is 16.7 Å². The van der Waals surface area contributed by atoms with E-state index in [1.54, 1.807) is 0 Å². The van der Waals surface area contributed by atoms with Crippen LogP contribution in [0.4, 0.5) is 5.82 Å². The van der Waals surface area contributed by atoms with Crippen molar-refractivity contribution in [3.63, 3.8) is 0 Å². The van der Waals surface area contributed by atoms with Gasteiger partial charge in [-0.3, -0.25) is 4.79 Å². The highest BCUT2D eigenvalue weighted by molar-refractivity contribution is 6.29. The van der Waals surface area contributed by atoms with E-state index in [2.05, 4.69) is 73.3 Å². The van der Waals surface area contributed by atoms with Crippen LogP contribution in [0.5, 0.6) is 0 Å². The summed E-state index contributed by atoms with van der Waals surface area (Å²) in [6.07, 6.45) is 2.43. The highest BCUT2D eigenvalue weighted by atomic mass is 35.5. The van der Waals surface area contributed by atoms with Crippen LogP contribution < -0.4 is 20.9 Å². The van der Waals surface area contributed by atoms with Gasteiger partial charge < -0.3 is 21.3 Å². The molecule has 10 heteroatoms. The number of nitrogens with zero attached hydrogens (tertiary/aromatic N) is 5. The molecule has 1 fully saturated rings. The molecular formula is C24H32ClN8O+. The average Bonchev–Trinajstić information content (AvgIpc) is 2.97. The van der Waals surface area contributed by atoms with Gasteiger partial charge in [0, 0.05) is 30.9 Å². The number of hydrogen-bond acceptors (Lipinski definition) is 6. The Kier molecular flexibility index (Phi) is 7.33. The molecule has 1 aliphatic rings. The number of halogens is 1. The lowest BCUT2D eigenvalue weighted by atomic mass is 10.1. The summed E-state index contributed by atoms with van der Waals surface area (Å²) in [5, 5.41) is 6.50. The molecule has 1 amide bonds. The molecule has 34 heavy (non-hydrogen) atoms. The number of nitrogens with two attached hydrogens (primary N) is 1. The lowest BCUT2D eigenvalue weighted by molar-refractivity contribution is -0.676. The van der Waals surface area contributed by atoms with Crippen molar-refractivity contribution in [3.05, 3.63) is 53.2 Å². The molecule has 0 saturated carbocycles. The Balaban J connectivity index is 1.64. The number of nitrogen functional groups attached to an aromatic ring is 1. The van der Waals surface area contributed by atoms with E-state index in [0.717, 1.165) is 73.8 Å². The second-order valence-corrected chi connectivity index (χ2v) is 8.64. The second kappa shape index (κ2) is 10.4. The molecule has 180 valence electrons. The van der Waals surface area contributed by atoms with Gasteiger partial charge in [0.25, 0.3) is 11.7 Å². The van der Waals surface area contributed by atoms with Crippen LogP contribution in [0.2, 0.25) is 5.15 Å². The largest absolute Gasteiger partial charge is 0.382 e. The Hall–Kier alpha value is -3.17. The molecule has 1 aromatic carbocycles. The highest BCUT2D eigenvalue weighted by Gasteiger charge is 2.25. The van der Waals surface area contributed by atoms with Gasteiger partial charge in [0.15, 0.2) is 22.5 Å². The van der Waals surface area contributed by atoms with Gasteiger partial charge in [0.1, 0.15) is 11.7 Å². The Morgan fingerprint density at radius 1 is 1.32 bits per heavy atom. The van der Waals surface area contributed by atoms with Gasteiger partial charge >= 0.3 is 0 Å². The van der Waals surface area contributed by atoms with E-state index in [1.807, 2.05) is 0 Å². The Bertz CT molecular complexity index is 1210. The summed E-state index contributed by atoms with van der Waals surface area (Å²) in [5.41, 5.74) is 10.2. The van der Waals surface area contributed by atoms with Crippen molar-refractivity contribution >= 4 is 40.1 Å². The van der Waals surface area contributed by atoms with Gasteiger partial charge in [-0.25, -0.2) is 19.1 Å². The number of anilines is 1. The third-order valence-electron chi connectivity index (χ3n) is 6.26. The van der Waals surface area contributed by atoms with Gasteiger partial charge in [-0.2, -0.15) is 0 Å². The van der Waals surface area contributed by atoms with Crippen LogP contribution in [0, 0.1) is 0 Å². The van der Waals surface area contributed by atoms with Crippen molar-refractivity contribution in [1.29, 1.82) is 0 Å². The summed E-state index contributed by atoms with van der Waals surface area (Å²) in [4.78, 5) is 23.1. The number of aromatic nitrogens is 4. The van der Waals surface area contributed by atoms with Crippen molar-refractivity contribution in [2.75, 3.05) is 31.9 Å². The standard InChI is InChI=1S/C24H31ClN8O/c1-4-32-18-8-7-17(16(3)31-11-6-9-27-10-12-31)13-19(18)33(5-2)21(32)15-29-24(34)22-23(26)28-14-20(25)30-22/h7-8,13-14,27H,3-6,9-12,15H2,1-2H3,(H2-,26,28,29,34)/p+1. The first-order valence-electron chi connectivity index (χ1n) is 11.7. The Morgan fingerprint density at radius 3 is 2.91 bits per heavy atom. The predicted molar refractivity (Wildman–Crippen MR) is 134 cm³/mol. The SMILES string of the molecule is C=C(c1ccc2c(c1)n(CC)c(CNC(=O)c1nc(Cl)cnc1N)[n+]2CC)N1CCCNCC1. The lowest BCUT2D eigenvalue weighted by Gasteiger charge is -2.24. The number of carbonyl (C=O) groups excluding carboxylic acids is 1. The number of hydrogen-bond donors (Lipinski definition) is 3. The van der Waals surface area contributed by atoms with Crippen molar-refractivity contribution in [2.45, 2.75) is 39.9 Å². The molecule has 9 nitrogen and oxygen atoms in total. The minimum Gasteiger partial charge on any atom is -0.382 e. The van der Waals surface area contributed by atoms with Crippen molar-refractivity contribution in [2.24, 2.45) is 0 Å². The fourth-order valence-corrected chi connectivity index (χ4v) is 4.69. The zero-order valence-electron chi connectivity index (χ0n) is 19.8. The third-order valence-corrected chi connectivity index (χ3v) is 6.44. The number of aryl methyl sites for hydroxylation is 2. The zero-order valence-corrected chi connectivity index (χ0v) is 20.5. The molecule has 0 radical (unpaired) electrons. The Morgan fingerprint density at radius 2 is 2.15 bits per heavy atom. The molecule has 1 aliphatic heterocycles. The van der Waals surface area contributed by atoms with E-state index in [4.69, 9.17) is 17.3 Å². The fourth-order valence-electron chi connectivity index (χ4n) is 4.55. The molecule has 0 bridgehead atoms. The maximum Gasteiger partial charge on any atom is 0.277 e. The first-order chi connectivity index (χ1) is 16.4. The molecular weight excluding hydrogens is 452 g/mol. The fraction of sp³-hybridized carbons (Fsp3) is 0.417. The first kappa shape index (κ1) is 24.0. The van der Waals surface area contributed by atoms with Crippen LogP contribution in [-0.2, 0) is 19.6 Å². The Labute approximate surface area is 204 Å². The van der Waals surface area contributed by atoms with E-state index in [0.29, 0.717) is 6.54 Å². The lowest BCUT2D eigenvalue weighted by Crippen LogP contribution is -2.40. The third kappa shape index (κ3) is 4.71. The second-order valence-electron chi connectivity index (χ2n) is 8.25. The molecule has 3 heterocycles. The molecule has 0 aliphatic carbocycles. The van der Waals surface area contributed by atoms with Crippen LogP contribution in [0.3, 0.4) is 0 Å². The molecule has 1 saturated heterocycles. The van der Waals surface area contributed by atoms with Gasteiger partial charge in [0.05, 0.1) is 19.3 Å². The number of imidazole rings is 1. The minimum atomic E-state index is -0.410. The normalized spacial score (nSPS) is 14.3. The summed E-state index contributed by atoms with van der Waals surface area (Å²) in [6, 6.07) is 6.49. The summed E-state index contributed by atoms with van der Waals surface area (Å²) < 4.78 is 4.45. The number of fused-ring (bicyclic) bond motifs is 1. The molecule has 0 atom stereocenters. The summed E-state index contributed by atoms with van der Waals surface area (Å²) in [7, 11) is 0. The van der Waals surface area contributed by atoms with Crippen LogP contribution in [0.25, 0.3) is 16.7 Å². The highest BCUT2D eigenvalue weighted by Crippen LogP contribution is 2.24. The van der Waals surface area contributed by atoms with Gasteiger partial charge in [0.2, 0.25) is 0 Å². The zero-order chi connectivity index (χ0) is 24.2. The van der Waals surface area contributed by atoms with Gasteiger partial charge in [-0.05, 0) is 45.0 Å². The maximum absolute atomic E-state index is 12.8. The first-order valence-corrected chi connectivity index (χ1v) is 12.1. The number of amides is 1. The molecule has 0 unspecified atom stereocenters. The van der Waals surface area contributed by atoms with Crippen LogP contribution in [0.15, 0.2) is 31.0 Å². The van der Waals surface area contributed by atoms with Crippen molar-refractivity contribution in [1.82, 2.24) is 30.1 Å². The summed E-state index contributed by atoms with van der Waals surface area (Å²) in [5.74, 6) is 0.628. The summed E-state index contributed by atoms with van der Waals surface area (Å²) >= 11 is 5.90. The van der Waals surface area contributed by atoms with Crippen molar-refractivity contribution in [3.8, 4) is 0 Å². The molecule has 3 aromatic rings. The van der Waals surface area contributed by atoms with Crippen LogP contribution in [-0.4, -0.2) is 51.5 Å². The molecule has 4 N–H and O–H groups in total. The minimum absolute atomic E-state index is 0.0280. The van der Waals surface area contributed by atoms with Gasteiger partial charge in [-0.15, -0.1) is 0 Å². The predicted octanol–water partition coefficient (Wildman–Crippen LogP) is 2.19. The van der Waals surface area contributed by atoms with E-state index < -0.39 is 5.91 Å². The van der Waals surface area contributed by atoms with Crippen LogP contribution in [0.1, 0.15) is 42.1 Å². The van der Waals surface area contributed by atoms with Crippen LogP contribution >= 0.6 is 11.6 Å². The average molecular weight is 484 g/mol. The molecule has 4 rings (SSSR count). The van der Waals surface area contributed by atoms with Gasteiger partial charge in [-0.1, -0.05) is 18.2 Å². The van der Waals surface area contributed by atoms with E-state index in [9.17, 15) is 4.79 Å². The number of rotatable bonds is 7. The molecule has 0 spiro atoms. The quantitative estimate of drug-likeness (QED) is 0.445. The smallest absolute Gasteiger partial charge is 0.277 e. The van der Waals surface area contributed by atoms with Crippen molar-refractivity contribution < 1.29 is 9.36 Å². The number of carbonyl (C=O) groups is 1. The van der Waals surface area contributed by atoms with E-state index in [1.165, 1.54) is 6.20 Å². The maximum atomic E-state index is 12.8. The summed E-state index contributed by atoms with van der Waals surface area (Å²) in [6.45, 7) is 14.4. The monoisotopic (exact) mass is 483 g/mol. The van der Waals surface area contributed by atoms with E-state index >= 15 is 0 Å². The number of nitrogens with one attached hydrogen (secondary N) is 2.